The number of aromatic nitrogens is 2. The summed E-state index contributed by atoms with van der Waals surface area (Å²) in [4.78, 5) is 20.8. The zero-order chi connectivity index (χ0) is 20.4. The number of rotatable bonds is 6. The molecule has 3 aromatic rings. The number of carbonyl (C=O) groups is 1. The summed E-state index contributed by atoms with van der Waals surface area (Å²) in [5, 5.41) is 8.21. The fourth-order valence-corrected chi connectivity index (χ4v) is 5.02. The van der Waals surface area contributed by atoms with Gasteiger partial charge in [-0.05, 0) is 32.4 Å². The minimum atomic E-state index is -0.503. The van der Waals surface area contributed by atoms with E-state index in [0.717, 1.165) is 47.1 Å². The lowest BCUT2D eigenvalue weighted by molar-refractivity contribution is -0.130. The monoisotopic (exact) mass is 410 g/mol. The fraction of sp³-hybridized carbons (Fsp3) is 0.409. The van der Waals surface area contributed by atoms with Crippen molar-refractivity contribution in [3.63, 3.8) is 0 Å². The Balaban J connectivity index is 1.52. The number of aryl methyl sites for hydroxylation is 2. The van der Waals surface area contributed by atoms with Crippen molar-refractivity contribution in [2.45, 2.75) is 33.2 Å². The van der Waals surface area contributed by atoms with Crippen LogP contribution in [-0.4, -0.2) is 41.1 Å². The van der Waals surface area contributed by atoms with Crippen molar-refractivity contribution in [3.05, 3.63) is 57.7 Å². The number of nitrogens with one attached hydrogen (secondary N) is 1. The Hall–Kier alpha value is -2.51. The van der Waals surface area contributed by atoms with Gasteiger partial charge in [-0.15, -0.1) is 11.3 Å². The molecule has 0 saturated carbocycles. The number of benzene rings is 1. The van der Waals surface area contributed by atoms with E-state index in [9.17, 15) is 4.79 Å². The zero-order valence-corrected chi connectivity index (χ0v) is 17.9. The van der Waals surface area contributed by atoms with Crippen LogP contribution in [0, 0.1) is 19.3 Å². The molecule has 1 aliphatic heterocycles. The summed E-state index contributed by atoms with van der Waals surface area (Å²) in [7, 11) is 1.71. The molecule has 1 unspecified atom stereocenters. The number of hydrogen-bond acceptors (Lipinski definition) is 6. The molecule has 7 heteroatoms. The highest BCUT2D eigenvalue weighted by molar-refractivity contribution is 7.11. The Morgan fingerprint density at radius 3 is 2.90 bits per heavy atom. The topological polar surface area (TPSA) is 71.3 Å². The van der Waals surface area contributed by atoms with Crippen LogP contribution in [0.1, 0.15) is 27.6 Å². The van der Waals surface area contributed by atoms with Crippen LogP contribution >= 0.6 is 11.3 Å². The molecule has 0 bridgehead atoms. The standard InChI is InChI=1S/C22H26N4O2S/c1-15-6-4-5-7-19(15)20-10-17(28-25-20)11-22(21(27)23-3)8-9-26(14-22)13-18-12-24-16(2)29-18/h4-7,10,12H,8-9,11,13-14H2,1-3H3,(H,23,27). The van der Waals surface area contributed by atoms with Crippen molar-refractivity contribution in [1.29, 1.82) is 0 Å². The molecule has 0 spiro atoms. The number of carbonyl (C=O) groups excluding carboxylic acids is 1. The van der Waals surface area contributed by atoms with Gasteiger partial charge in [0.1, 0.15) is 11.5 Å². The Labute approximate surface area is 174 Å². The van der Waals surface area contributed by atoms with Crippen molar-refractivity contribution in [2.75, 3.05) is 20.1 Å². The second-order valence-electron chi connectivity index (χ2n) is 7.84. The Morgan fingerprint density at radius 1 is 1.34 bits per heavy atom. The molecule has 0 aliphatic carbocycles. The summed E-state index contributed by atoms with van der Waals surface area (Å²) in [6.07, 6.45) is 3.28. The minimum absolute atomic E-state index is 0.0642. The molecule has 1 N–H and O–H groups in total. The highest BCUT2D eigenvalue weighted by atomic mass is 32.1. The van der Waals surface area contributed by atoms with Gasteiger partial charge in [-0.3, -0.25) is 9.69 Å². The highest BCUT2D eigenvalue weighted by Crippen LogP contribution is 2.36. The first-order chi connectivity index (χ1) is 14.0. The maximum atomic E-state index is 12.9. The third-order valence-corrected chi connectivity index (χ3v) is 6.58. The number of hydrogen-bond donors (Lipinski definition) is 1. The molecule has 2 aromatic heterocycles. The molecule has 29 heavy (non-hydrogen) atoms. The number of nitrogens with zero attached hydrogens (tertiary/aromatic N) is 3. The van der Waals surface area contributed by atoms with Crippen LogP contribution in [0.3, 0.4) is 0 Å². The number of thiazole rings is 1. The predicted octanol–water partition coefficient (Wildman–Crippen LogP) is 3.60. The fourth-order valence-electron chi connectivity index (χ4n) is 4.18. The minimum Gasteiger partial charge on any atom is -0.361 e. The van der Waals surface area contributed by atoms with E-state index in [1.807, 2.05) is 37.4 Å². The third kappa shape index (κ3) is 4.11. The van der Waals surface area contributed by atoms with Crippen LogP contribution in [-0.2, 0) is 17.8 Å². The van der Waals surface area contributed by atoms with Gasteiger partial charge in [0.05, 0.1) is 10.4 Å². The maximum Gasteiger partial charge on any atom is 0.227 e. The summed E-state index contributed by atoms with van der Waals surface area (Å²) in [5.74, 6) is 0.816. The van der Waals surface area contributed by atoms with Gasteiger partial charge in [-0.1, -0.05) is 29.4 Å². The van der Waals surface area contributed by atoms with Crippen molar-refractivity contribution < 1.29 is 9.32 Å². The van der Waals surface area contributed by atoms with Gasteiger partial charge in [0.15, 0.2) is 0 Å². The molecule has 1 saturated heterocycles. The molecule has 1 aliphatic rings. The van der Waals surface area contributed by atoms with Crippen molar-refractivity contribution in [1.82, 2.24) is 20.4 Å². The molecular weight excluding hydrogens is 384 g/mol. The lowest BCUT2D eigenvalue weighted by Crippen LogP contribution is -2.43. The molecule has 1 amide bonds. The molecule has 3 heterocycles. The quantitative estimate of drug-likeness (QED) is 0.672. The SMILES string of the molecule is CNC(=O)C1(Cc2cc(-c3ccccc3C)no2)CCN(Cc2cnc(C)s2)C1. The number of likely N-dealkylation sites (tertiary alicyclic amines) is 1. The molecule has 1 fully saturated rings. The van der Waals surface area contributed by atoms with Gasteiger partial charge in [-0.2, -0.15) is 0 Å². The van der Waals surface area contributed by atoms with Gasteiger partial charge < -0.3 is 9.84 Å². The van der Waals surface area contributed by atoms with Gasteiger partial charge in [0, 0.05) is 49.3 Å². The zero-order valence-electron chi connectivity index (χ0n) is 17.1. The van der Waals surface area contributed by atoms with Gasteiger partial charge in [-0.25, -0.2) is 4.98 Å². The average Bonchev–Trinajstić information content (AvgIpc) is 3.44. The molecule has 152 valence electrons. The van der Waals surface area contributed by atoms with Gasteiger partial charge in [0.25, 0.3) is 0 Å². The van der Waals surface area contributed by atoms with Crippen molar-refractivity contribution >= 4 is 17.2 Å². The second-order valence-corrected chi connectivity index (χ2v) is 9.16. The van der Waals surface area contributed by atoms with E-state index in [2.05, 4.69) is 33.3 Å². The predicted molar refractivity (Wildman–Crippen MR) is 114 cm³/mol. The van der Waals surface area contributed by atoms with Crippen LogP contribution in [0.15, 0.2) is 41.1 Å². The van der Waals surface area contributed by atoms with Crippen LogP contribution in [0.25, 0.3) is 11.3 Å². The normalized spacial score (nSPS) is 19.6. The average molecular weight is 411 g/mol. The Bertz CT molecular complexity index is 1010. The van der Waals surface area contributed by atoms with Crippen LogP contribution < -0.4 is 5.32 Å². The Morgan fingerprint density at radius 2 is 2.17 bits per heavy atom. The summed E-state index contributed by atoms with van der Waals surface area (Å²) in [6.45, 7) is 6.48. The maximum absolute atomic E-state index is 12.9. The van der Waals surface area contributed by atoms with E-state index in [1.165, 1.54) is 4.88 Å². The molecule has 1 atom stereocenters. The number of amides is 1. The van der Waals surface area contributed by atoms with Gasteiger partial charge >= 0.3 is 0 Å². The lowest BCUT2D eigenvalue weighted by atomic mass is 9.81. The largest absolute Gasteiger partial charge is 0.361 e. The lowest BCUT2D eigenvalue weighted by Gasteiger charge is -2.26. The van der Waals surface area contributed by atoms with E-state index in [-0.39, 0.29) is 5.91 Å². The molecule has 6 nitrogen and oxygen atoms in total. The third-order valence-electron chi connectivity index (χ3n) is 5.68. The van der Waals surface area contributed by atoms with E-state index in [0.29, 0.717) is 13.0 Å². The summed E-state index contributed by atoms with van der Waals surface area (Å²) >= 11 is 1.71. The summed E-state index contributed by atoms with van der Waals surface area (Å²) < 4.78 is 5.66. The van der Waals surface area contributed by atoms with Gasteiger partial charge in [0.2, 0.25) is 5.91 Å². The van der Waals surface area contributed by atoms with E-state index in [1.54, 1.807) is 18.4 Å². The summed E-state index contributed by atoms with van der Waals surface area (Å²) in [6, 6.07) is 10.1. The first-order valence-electron chi connectivity index (χ1n) is 9.86. The summed E-state index contributed by atoms with van der Waals surface area (Å²) in [5.41, 5.74) is 2.53. The molecular formula is C22H26N4O2S. The smallest absolute Gasteiger partial charge is 0.227 e. The molecule has 4 rings (SSSR count). The molecule has 1 aromatic carbocycles. The second kappa shape index (κ2) is 8.08. The Kier molecular flexibility index (Phi) is 5.52. The van der Waals surface area contributed by atoms with Crippen molar-refractivity contribution in [2.24, 2.45) is 5.41 Å². The first kappa shape index (κ1) is 19.8. The van der Waals surface area contributed by atoms with Crippen LogP contribution in [0.5, 0.6) is 0 Å². The van der Waals surface area contributed by atoms with E-state index in [4.69, 9.17) is 4.52 Å². The van der Waals surface area contributed by atoms with Crippen molar-refractivity contribution in [3.8, 4) is 11.3 Å². The molecule has 0 radical (unpaired) electrons. The van der Waals surface area contributed by atoms with E-state index >= 15 is 0 Å². The first-order valence-corrected chi connectivity index (χ1v) is 10.7. The van der Waals surface area contributed by atoms with E-state index < -0.39 is 5.41 Å². The van der Waals surface area contributed by atoms with Crippen LogP contribution in [0.2, 0.25) is 0 Å². The highest BCUT2D eigenvalue weighted by Gasteiger charge is 2.45. The van der Waals surface area contributed by atoms with Crippen LogP contribution in [0.4, 0.5) is 0 Å².